The lowest BCUT2D eigenvalue weighted by atomic mass is 9.81. The van der Waals surface area contributed by atoms with Crippen molar-refractivity contribution >= 4 is 5.91 Å². The summed E-state index contributed by atoms with van der Waals surface area (Å²) in [6, 6.07) is -0.315. The summed E-state index contributed by atoms with van der Waals surface area (Å²) in [4.78, 5) is 11.6. The molecule has 3 heteroatoms. The molecule has 3 N–H and O–H groups in total. The van der Waals surface area contributed by atoms with Crippen LogP contribution in [0.3, 0.4) is 0 Å². The Bertz CT molecular complexity index is 230. The minimum atomic E-state index is -0.315. The molecule has 1 aliphatic carbocycles. The molecule has 0 bridgehead atoms. The van der Waals surface area contributed by atoms with Gasteiger partial charge in [0.05, 0.1) is 6.04 Å². The van der Waals surface area contributed by atoms with E-state index in [9.17, 15) is 4.79 Å². The first-order valence-electron chi connectivity index (χ1n) is 7.16. The summed E-state index contributed by atoms with van der Waals surface area (Å²) in [7, 11) is 0. The van der Waals surface area contributed by atoms with E-state index in [4.69, 9.17) is 5.73 Å². The van der Waals surface area contributed by atoms with Crippen LogP contribution in [0.2, 0.25) is 0 Å². The Labute approximate surface area is 106 Å². The molecule has 0 aromatic rings. The zero-order valence-corrected chi connectivity index (χ0v) is 11.4. The second kappa shape index (κ2) is 7.70. The van der Waals surface area contributed by atoms with E-state index in [1.54, 1.807) is 0 Å². The lowest BCUT2D eigenvalue weighted by Crippen LogP contribution is -2.41. The maximum Gasteiger partial charge on any atom is 0.236 e. The fraction of sp³-hybridized carbons (Fsp3) is 0.929. The van der Waals surface area contributed by atoms with Gasteiger partial charge in [0.2, 0.25) is 5.91 Å². The van der Waals surface area contributed by atoms with Gasteiger partial charge in [-0.2, -0.15) is 0 Å². The molecule has 0 aliphatic heterocycles. The number of carbonyl (C=O) groups excluding carboxylic acids is 1. The Morgan fingerprint density at radius 1 is 1.47 bits per heavy atom. The lowest BCUT2D eigenvalue weighted by molar-refractivity contribution is -0.122. The van der Waals surface area contributed by atoms with Crippen LogP contribution in [0.1, 0.15) is 58.8 Å². The van der Waals surface area contributed by atoms with Crippen molar-refractivity contribution in [3.8, 4) is 0 Å². The Hall–Kier alpha value is -0.570. The molecule has 100 valence electrons. The quantitative estimate of drug-likeness (QED) is 0.749. The molecule has 0 spiro atoms. The van der Waals surface area contributed by atoms with Gasteiger partial charge in [-0.05, 0) is 31.1 Å². The molecule has 1 rings (SSSR count). The van der Waals surface area contributed by atoms with Gasteiger partial charge in [0.15, 0.2) is 0 Å². The second-order valence-electron chi connectivity index (χ2n) is 5.61. The highest BCUT2D eigenvalue weighted by Gasteiger charge is 2.19. The molecule has 0 radical (unpaired) electrons. The largest absolute Gasteiger partial charge is 0.355 e. The third-order valence-electron chi connectivity index (χ3n) is 3.83. The van der Waals surface area contributed by atoms with Crippen LogP contribution in [-0.2, 0) is 4.79 Å². The molecule has 1 amide bonds. The first-order chi connectivity index (χ1) is 8.13. The van der Waals surface area contributed by atoms with Crippen molar-refractivity contribution in [1.82, 2.24) is 5.32 Å². The minimum Gasteiger partial charge on any atom is -0.355 e. The van der Waals surface area contributed by atoms with Crippen LogP contribution in [0.25, 0.3) is 0 Å². The number of carbonyl (C=O) groups is 1. The molecule has 2 unspecified atom stereocenters. The molecular weight excluding hydrogens is 212 g/mol. The number of nitrogens with two attached hydrogens (primary N) is 1. The summed E-state index contributed by atoms with van der Waals surface area (Å²) >= 11 is 0. The molecule has 0 aromatic heterocycles. The number of amides is 1. The fourth-order valence-corrected chi connectivity index (χ4v) is 2.79. The molecule has 17 heavy (non-hydrogen) atoms. The van der Waals surface area contributed by atoms with Gasteiger partial charge in [-0.25, -0.2) is 0 Å². The highest BCUT2D eigenvalue weighted by Crippen LogP contribution is 2.30. The third kappa shape index (κ3) is 5.53. The highest BCUT2D eigenvalue weighted by atomic mass is 16.2. The molecule has 0 aromatic carbocycles. The van der Waals surface area contributed by atoms with Crippen LogP contribution in [-0.4, -0.2) is 18.5 Å². The fourth-order valence-electron chi connectivity index (χ4n) is 2.79. The predicted molar refractivity (Wildman–Crippen MR) is 71.6 cm³/mol. The van der Waals surface area contributed by atoms with Gasteiger partial charge in [-0.1, -0.05) is 39.5 Å². The van der Waals surface area contributed by atoms with Crippen LogP contribution >= 0.6 is 0 Å². The molecule has 1 aliphatic rings. The van der Waals surface area contributed by atoms with Gasteiger partial charge in [0, 0.05) is 6.54 Å². The monoisotopic (exact) mass is 240 g/mol. The molecule has 3 atom stereocenters. The van der Waals surface area contributed by atoms with E-state index in [0.29, 0.717) is 0 Å². The highest BCUT2D eigenvalue weighted by molar-refractivity contribution is 5.81. The van der Waals surface area contributed by atoms with E-state index in [1.165, 1.54) is 25.7 Å². The number of rotatable bonds is 6. The maximum absolute atomic E-state index is 11.6. The standard InChI is InChI=1S/C14H28N2O/c1-3-5-13(15)14(17)16-9-8-12-7-4-6-11(2)10-12/h11-13H,3-10,15H2,1-2H3,(H,16,17)/t11?,12?,13-/m1/s1. The predicted octanol–water partition coefficient (Wildman–Crippen LogP) is 2.45. The smallest absolute Gasteiger partial charge is 0.236 e. The van der Waals surface area contributed by atoms with Crippen molar-refractivity contribution in [2.24, 2.45) is 17.6 Å². The average molecular weight is 240 g/mol. The van der Waals surface area contributed by atoms with E-state index < -0.39 is 0 Å². The topological polar surface area (TPSA) is 55.1 Å². The molecule has 1 saturated carbocycles. The average Bonchev–Trinajstić information content (AvgIpc) is 2.29. The lowest BCUT2D eigenvalue weighted by Gasteiger charge is -2.26. The van der Waals surface area contributed by atoms with Crippen molar-refractivity contribution in [3.63, 3.8) is 0 Å². The summed E-state index contributed by atoms with van der Waals surface area (Å²) in [5, 5.41) is 2.97. The zero-order valence-electron chi connectivity index (χ0n) is 11.4. The first-order valence-corrected chi connectivity index (χ1v) is 7.16. The number of hydrogen-bond donors (Lipinski definition) is 2. The van der Waals surface area contributed by atoms with Gasteiger partial charge >= 0.3 is 0 Å². The van der Waals surface area contributed by atoms with Crippen molar-refractivity contribution in [1.29, 1.82) is 0 Å². The van der Waals surface area contributed by atoms with Crippen molar-refractivity contribution in [2.75, 3.05) is 6.54 Å². The summed E-state index contributed by atoms with van der Waals surface area (Å²) in [5.41, 5.74) is 5.76. The molecule has 0 saturated heterocycles. The summed E-state index contributed by atoms with van der Waals surface area (Å²) < 4.78 is 0. The third-order valence-corrected chi connectivity index (χ3v) is 3.83. The van der Waals surface area contributed by atoms with Crippen molar-refractivity contribution in [3.05, 3.63) is 0 Å². The SMILES string of the molecule is CCC[C@@H](N)C(=O)NCCC1CCCC(C)C1. The van der Waals surface area contributed by atoms with Gasteiger partial charge in [-0.3, -0.25) is 4.79 Å². The second-order valence-corrected chi connectivity index (χ2v) is 5.61. The number of hydrogen-bond acceptors (Lipinski definition) is 2. The van der Waals surface area contributed by atoms with Gasteiger partial charge in [0.1, 0.15) is 0 Å². The van der Waals surface area contributed by atoms with Crippen LogP contribution in [0.5, 0.6) is 0 Å². The van der Waals surface area contributed by atoms with Crippen LogP contribution in [0.4, 0.5) is 0 Å². The van der Waals surface area contributed by atoms with E-state index >= 15 is 0 Å². The Morgan fingerprint density at radius 3 is 2.88 bits per heavy atom. The Balaban J connectivity index is 2.12. The van der Waals surface area contributed by atoms with E-state index in [0.717, 1.165) is 37.6 Å². The summed E-state index contributed by atoms with van der Waals surface area (Å²) in [5.74, 6) is 1.70. The Kier molecular flexibility index (Phi) is 6.56. The van der Waals surface area contributed by atoms with E-state index in [2.05, 4.69) is 19.2 Å². The van der Waals surface area contributed by atoms with E-state index in [-0.39, 0.29) is 11.9 Å². The van der Waals surface area contributed by atoms with E-state index in [1.807, 2.05) is 0 Å². The maximum atomic E-state index is 11.6. The normalized spacial score (nSPS) is 26.5. The molecule has 3 nitrogen and oxygen atoms in total. The van der Waals surface area contributed by atoms with Gasteiger partial charge < -0.3 is 11.1 Å². The minimum absolute atomic E-state index is 0.0238. The van der Waals surface area contributed by atoms with Crippen LogP contribution in [0.15, 0.2) is 0 Å². The van der Waals surface area contributed by atoms with Crippen LogP contribution in [0, 0.1) is 11.8 Å². The molecular formula is C14H28N2O. The molecule has 1 fully saturated rings. The summed E-state index contributed by atoms with van der Waals surface area (Å²) in [6.07, 6.45) is 8.27. The van der Waals surface area contributed by atoms with Gasteiger partial charge in [0.25, 0.3) is 0 Å². The molecule has 0 heterocycles. The number of nitrogens with one attached hydrogen (secondary N) is 1. The van der Waals surface area contributed by atoms with Gasteiger partial charge in [-0.15, -0.1) is 0 Å². The first kappa shape index (κ1) is 14.5. The van der Waals surface area contributed by atoms with Crippen molar-refractivity contribution < 1.29 is 4.79 Å². The van der Waals surface area contributed by atoms with Crippen molar-refractivity contribution in [2.45, 2.75) is 64.8 Å². The summed E-state index contributed by atoms with van der Waals surface area (Å²) in [6.45, 7) is 5.19. The van der Waals surface area contributed by atoms with Crippen LogP contribution < -0.4 is 11.1 Å². The zero-order chi connectivity index (χ0) is 12.7. The Morgan fingerprint density at radius 2 is 2.24 bits per heavy atom.